The first-order valence-corrected chi connectivity index (χ1v) is 9.34. The number of fused-ring (bicyclic) bond motifs is 1. The van der Waals surface area contributed by atoms with Gasteiger partial charge in [-0.15, -0.1) is 0 Å². The predicted octanol–water partition coefficient (Wildman–Crippen LogP) is 4.18. The van der Waals surface area contributed by atoms with Crippen LogP contribution in [0.25, 0.3) is 16.9 Å². The summed E-state index contributed by atoms with van der Waals surface area (Å²) in [5.74, 6) is 2.53. The number of nitrogens with one attached hydrogen (secondary N) is 1. The Bertz CT molecular complexity index is 1030. The van der Waals surface area contributed by atoms with E-state index in [-0.39, 0.29) is 0 Å². The van der Waals surface area contributed by atoms with E-state index >= 15 is 0 Å². The standard InChI is InChI=1S/C22H22N4O2/c1-27-17-10-11-20(28-2)19(13-17)21-18-5-3-4-12-24-22(18)26(25-21)16-8-6-15(14-23)7-9-16/h6-11,13,24H,3-5,12H2,1-2H3. The van der Waals surface area contributed by atoms with Crippen molar-refractivity contribution in [2.24, 2.45) is 0 Å². The maximum absolute atomic E-state index is 9.08. The number of anilines is 1. The molecule has 6 heteroatoms. The van der Waals surface area contributed by atoms with Gasteiger partial charge in [0.15, 0.2) is 0 Å². The van der Waals surface area contributed by atoms with Crippen molar-refractivity contribution in [3.63, 3.8) is 0 Å². The first-order chi connectivity index (χ1) is 13.7. The average molecular weight is 374 g/mol. The molecule has 142 valence electrons. The summed E-state index contributed by atoms with van der Waals surface area (Å²) in [7, 11) is 3.32. The lowest BCUT2D eigenvalue weighted by atomic mass is 10.0. The molecular weight excluding hydrogens is 352 g/mol. The molecule has 1 N–H and O–H groups in total. The van der Waals surface area contributed by atoms with Crippen LogP contribution in [0.2, 0.25) is 0 Å². The lowest BCUT2D eigenvalue weighted by Gasteiger charge is -2.10. The molecule has 0 amide bonds. The minimum Gasteiger partial charge on any atom is -0.497 e. The van der Waals surface area contributed by atoms with Crippen molar-refractivity contribution < 1.29 is 9.47 Å². The van der Waals surface area contributed by atoms with Gasteiger partial charge in [-0.3, -0.25) is 0 Å². The molecule has 0 radical (unpaired) electrons. The maximum Gasteiger partial charge on any atom is 0.133 e. The van der Waals surface area contributed by atoms with Crippen LogP contribution in [0, 0.1) is 11.3 Å². The van der Waals surface area contributed by atoms with Gasteiger partial charge in [0.1, 0.15) is 23.0 Å². The Morgan fingerprint density at radius 2 is 1.89 bits per heavy atom. The zero-order valence-corrected chi connectivity index (χ0v) is 16.0. The number of nitrogens with zero attached hydrogens (tertiary/aromatic N) is 3. The number of ether oxygens (including phenoxy) is 2. The van der Waals surface area contributed by atoms with Crippen molar-refractivity contribution in [2.45, 2.75) is 19.3 Å². The first kappa shape index (κ1) is 17.9. The van der Waals surface area contributed by atoms with Crippen LogP contribution >= 0.6 is 0 Å². The summed E-state index contributed by atoms with van der Waals surface area (Å²) in [5, 5.41) is 17.6. The van der Waals surface area contributed by atoms with Crippen LogP contribution in [-0.4, -0.2) is 30.5 Å². The molecule has 2 aromatic carbocycles. The van der Waals surface area contributed by atoms with Crippen LogP contribution in [-0.2, 0) is 6.42 Å². The Hall–Kier alpha value is -3.46. The maximum atomic E-state index is 9.08. The van der Waals surface area contributed by atoms with E-state index < -0.39 is 0 Å². The number of benzene rings is 2. The van der Waals surface area contributed by atoms with Crippen LogP contribution in [0.3, 0.4) is 0 Å². The Labute approximate surface area is 164 Å². The van der Waals surface area contributed by atoms with Crippen LogP contribution in [0.4, 0.5) is 5.82 Å². The van der Waals surface area contributed by atoms with Crippen LogP contribution in [0.1, 0.15) is 24.0 Å². The number of nitriles is 1. The van der Waals surface area contributed by atoms with Gasteiger partial charge in [-0.25, -0.2) is 4.68 Å². The minimum absolute atomic E-state index is 0.629. The van der Waals surface area contributed by atoms with E-state index in [4.69, 9.17) is 19.8 Å². The molecule has 0 saturated carbocycles. The second-order valence-corrected chi connectivity index (χ2v) is 6.70. The summed E-state index contributed by atoms with van der Waals surface area (Å²) in [6.07, 6.45) is 3.14. The van der Waals surface area contributed by atoms with Crippen molar-refractivity contribution in [1.82, 2.24) is 9.78 Å². The Morgan fingerprint density at radius 1 is 1.07 bits per heavy atom. The molecule has 2 heterocycles. The Morgan fingerprint density at radius 3 is 2.61 bits per heavy atom. The predicted molar refractivity (Wildman–Crippen MR) is 108 cm³/mol. The molecule has 0 atom stereocenters. The van der Waals surface area contributed by atoms with E-state index in [1.807, 2.05) is 47.1 Å². The quantitative estimate of drug-likeness (QED) is 0.742. The van der Waals surface area contributed by atoms with Crippen molar-refractivity contribution in [3.05, 3.63) is 53.6 Å². The van der Waals surface area contributed by atoms with Crippen LogP contribution in [0.5, 0.6) is 11.5 Å². The van der Waals surface area contributed by atoms with Crippen LogP contribution < -0.4 is 14.8 Å². The van der Waals surface area contributed by atoms with Gasteiger partial charge in [0.05, 0.1) is 31.5 Å². The Kier molecular flexibility index (Phi) is 4.90. The fourth-order valence-corrected chi connectivity index (χ4v) is 3.58. The molecule has 0 saturated heterocycles. The summed E-state index contributed by atoms with van der Waals surface area (Å²) >= 11 is 0. The molecular formula is C22H22N4O2. The first-order valence-electron chi connectivity index (χ1n) is 9.34. The number of methoxy groups -OCH3 is 2. The summed E-state index contributed by atoms with van der Waals surface area (Å²) < 4.78 is 13.0. The van der Waals surface area contributed by atoms with E-state index in [1.54, 1.807) is 14.2 Å². The van der Waals surface area contributed by atoms with Gasteiger partial charge >= 0.3 is 0 Å². The van der Waals surface area contributed by atoms with Gasteiger partial charge in [-0.1, -0.05) is 0 Å². The highest BCUT2D eigenvalue weighted by atomic mass is 16.5. The summed E-state index contributed by atoms with van der Waals surface area (Å²) in [6.45, 7) is 0.906. The van der Waals surface area contributed by atoms with E-state index in [0.29, 0.717) is 5.56 Å². The van der Waals surface area contributed by atoms with E-state index in [1.165, 1.54) is 5.56 Å². The summed E-state index contributed by atoms with van der Waals surface area (Å²) in [6, 6.07) is 15.4. The van der Waals surface area contributed by atoms with Gasteiger partial charge in [0, 0.05) is 17.7 Å². The highest BCUT2D eigenvalue weighted by Crippen LogP contribution is 2.39. The molecule has 0 bridgehead atoms. The molecule has 1 aliphatic heterocycles. The number of aromatic nitrogens is 2. The normalized spacial score (nSPS) is 13.0. The molecule has 4 rings (SSSR count). The van der Waals surface area contributed by atoms with Crippen molar-refractivity contribution in [3.8, 4) is 34.5 Å². The highest BCUT2D eigenvalue weighted by molar-refractivity contribution is 5.76. The second-order valence-electron chi connectivity index (χ2n) is 6.70. The van der Waals surface area contributed by atoms with Gasteiger partial charge in [0.2, 0.25) is 0 Å². The second kappa shape index (κ2) is 7.65. The van der Waals surface area contributed by atoms with Gasteiger partial charge in [-0.05, 0) is 61.7 Å². The van der Waals surface area contributed by atoms with Gasteiger partial charge < -0.3 is 14.8 Å². The van der Waals surface area contributed by atoms with E-state index in [9.17, 15) is 0 Å². The van der Waals surface area contributed by atoms with Crippen LogP contribution in [0.15, 0.2) is 42.5 Å². The lowest BCUT2D eigenvalue weighted by molar-refractivity contribution is 0.404. The lowest BCUT2D eigenvalue weighted by Crippen LogP contribution is -2.07. The molecule has 28 heavy (non-hydrogen) atoms. The van der Waals surface area contributed by atoms with Crippen molar-refractivity contribution in [1.29, 1.82) is 5.26 Å². The fraction of sp³-hybridized carbons (Fsp3) is 0.273. The largest absolute Gasteiger partial charge is 0.497 e. The zero-order valence-electron chi connectivity index (χ0n) is 16.0. The van der Waals surface area contributed by atoms with Gasteiger partial charge in [-0.2, -0.15) is 10.4 Å². The van der Waals surface area contributed by atoms with Crippen molar-refractivity contribution >= 4 is 5.82 Å². The Balaban J connectivity index is 1.91. The zero-order chi connectivity index (χ0) is 19.5. The van der Waals surface area contributed by atoms with E-state index in [2.05, 4.69) is 11.4 Å². The highest BCUT2D eigenvalue weighted by Gasteiger charge is 2.24. The average Bonchev–Trinajstić information content (AvgIpc) is 2.93. The molecule has 0 aliphatic carbocycles. The molecule has 0 spiro atoms. The molecule has 6 nitrogen and oxygen atoms in total. The topological polar surface area (TPSA) is 72.1 Å². The number of rotatable bonds is 4. The fourth-order valence-electron chi connectivity index (χ4n) is 3.58. The van der Waals surface area contributed by atoms with Crippen molar-refractivity contribution in [2.75, 3.05) is 26.1 Å². The third kappa shape index (κ3) is 3.16. The monoisotopic (exact) mass is 374 g/mol. The SMILES string of the molecule is COc1ccc(OC)c(-c2nn(-c3ccc(C#N)cc3)c3c2CCCCN3)c1. The number of hydrogen-bond donors (Lipinski definition) is 1. The molecule has 0 unspecified atom stereocenters. The summed E-state index contributed by atoms with van der Waals surface area (Å²) in [5.41, 5.74) is 4.52. The summed E-state index contributed by atoms with van der Waals surface area (Å²) in [4.78, 5) is 0. The molecule has 3 aromatic rings. The smallest absolute Gasteiger partial charge is 0.133 e. The number of hydrogen-bond acceptors (Lipinski definition) is 5. The third-order valence-corrected chi connectivity index (χ3v) is 5.03. The molecule has 1 aliphatic rings. The minimum atomic E-state index is 0.629. The van der Waals surface area contributed by atoms with E-state index in [0.717, 1.165) is 60.1 Å². The molecule has 0 fully saturated rings. The van der Waals surface area contributed by atoms with Gasteiger partial charge in [0.25, 0.3) is 0 Å². The third-order valence-electron chi connectivity index (χ3n) is 5.03. The molecule has 1 aromatic heterocycles.